The summed E-state index contributed by atoms with van der Waals surface area (Å²) in [7, 11) is 0. The lowest BCUT2D eigenvalue weighted by Gasteiger charge is -2.17. The molecule has 0 unspecified atom stereocenters. The van der Waals surface area contributed by atoms with Gasteiger partial charge in [0.25, 0.3) is 0 Å². The summed E-state index contributed by atoms with van der Waals surface area (Å²) < 4.78 is 5.55. The Morgan fingerprint density at radius 3 is 2.84 bits per heavy atom. The minimum atomic E-state index is -0.0357. The Morgan fingerprint density at radius 2 is 2.00 bits per heavy atom. The minimum Gasteiger partial charge on any atom is -0.493 e. The maximum Gasteiger partial charge on any atom is 0.195 e. The van der Waals surface area contributed by atoms with Crippen LogP contribution < -0.4 is 10.5 Å². The van der Waals surface area contributed by atoms with E-state index in [0.29, 0.717) is 16.8 Å². The summed E-state index contributed by atoms with van der Waals surface area (Å²) in [5.41, 5.74) is 8.69. The molecule has 0 bridgehead atoms. The number of ether oxygens (including phenoxy) is 1. The highest BCUT2D eigenvalue weighted by atomic mass is 16.5. The monoisotopic (exact) mass is 253 g/mol. The van der Waals surface area contributed by atoms with Gasteiger partial charge in [0.2, 0.25) is 0 Å². The number of para-hydroxylation sites is 1. The molecule has 2 aromatic rings. The van der Waals surface area contributed by atoms with Crippen molar-refractivity contribution in [2.24, 2.45) is 0 Å². The van der Waals surface area contributed by atoms with Gasteiger partial charge in [0.1, 0.15) is 5.75 Å². The van der Waals surface area contributed by atoms with E-state index < -0.39 is 0 Å². The lowest BCUT2D eigenvalue weighted by molar-refractivity contribution is 0.103. The maximum atomic E-state index is 12.4. The van der Waals surface area contributed by atoms with Gasteiger partial charge < -0.3 is 10.5 Å². The van der Waals surface area contributed by atoms with Crippen LogP contribution in [-0.2, 0) is 6.42 Å². The second kappa shape index (κ2) is 4.76. The Morgan fingerprint density at radius 1 is 1.16 bits per heavy atom. The van der Waals surface area contributed by atoms with Crippen LogP contribution in [0.5, 0.6) is 5.75 Å². The second-order valence-electron chi connectivity index (χ2n) is 4.69. The van der Waals surface area contributed by atoms with Gasteiger partial charge in [-0.2, -0.15) is 0 Å². The van der Waals surface area contributed by atoms with Crippen LogP contribution >= 0.6 is 0 Å². The number of hydrogen-bond acceptors (Lipinski definition) is 3. The van der Waals surface area contributed by atoms with E-state index in [1.165, 1.54) is 0 Å². The molecule has 3 heteroatoms. The number of anilines is 1. The topological polar surface area (TPSA) is 52.3 Å². The maximum absolute atomic E-state index is 12.4. The molecule has 96 valence electrons. The van der Waals surface area contributed by atoms with Gasteiger partial charge in [0, 0.05) is 16.8 Å². The molecule has 3 rings (SSSR count). The highest BCUT2D eigenvalue weighted by molar-refractivity contribution is 6.12. The number of rotatable bonds is 2. The van der Waals surface area contributed by atoms with Crippen LogP contribution in [0.2, 0.25) is 0 Å². The zero-order chi connectivity index (χ0) is 13.2. The number of ketones is 1. The van der Waals surface area contributed by atoms with Gasteiger partial charge in [0.15, 0.2) is 5.78 Å². The molecule has 0 aliphatic carbocycles. The van der Waals surface area contributed by atoms with Gasteiger partial charge in [-0.25, -0.2) is 0 Å². The molecule has 1 aliphatic rings. The van der Waals surface area contributed by atoms with Crippen molar-refractivity contribution in [1.29, 1.82) is 0 Å². The van der Waals surface area contributed by atoms with Crippen LogP contribution in [0.25, 0.3) is 0 Å². The number of benzene rings is 2. The molecule has 2 aromatic carbocycles. The molecule has 0 radical (unpaired) electrons. The summed E-state index contributed by atoms with van der Waals surface area (Å²) >= 11 is 0. The molecule has 0 atom stereocenters. The van der Waals surface area contributed by atoms with Crippen LogP contribution in [0.3, 0.4) is 0 Å². The number of hydrogen-bond donors (Lipinski definition) is 1. The zero-order valence-electron chi connectivity index (χ0n) is 10.6. The molecule has 0 saturated heterocycles. The van der Waals surface area contributed by atoms with Gasteiger partial charge in [-0.15, -0.1) is 0 Å². The highest BCUT2D eigenvalue weighted by Gasteiger charge is 2.16. The number of aryl methyl sites for hydroxylation is 1. The second-order valence-corrected chi connectivity index (χ2v) is 4.69. The summed E-state index contributed by atoms with van der Waals surface area (Å²) in [5, 5.41) is 0. The van der Waals surface area contributed by atoms with Crippen molar-refractivity contribution in [3.63, 3.8) is 0 Å². The first-order valence-electron chi connectivity index (χ1n) is 6.40. The number of nitrogens with two attached hydrogens (primary N) is 1. The molecule has 0 amide bonds. The van der Waals surface area contributed by atoms with Crippen LogP contribution in [-0.4, -0.2) is 12.4 Å². The standard InChI is InChI=1S/C16H15NO2/c17-14-6-2-1-5-13(14)16(18)12-7-8-15-11(10-12)4-3-9-19-15/h1-2,5-8,10H,3-4,9,17H2. The zero-order valence-corrected chi connectivity index (χ0v) is 10.6. The fourth-order valence-electron chi connectivity index (χ4n) is 2.36. The summed E-state index contributed by atoms with van der Waals surface area (Å²) in [4.78, 5) is 12.4. The third-order valence-corrected chi connectivity index (χ3v) is 3.38. The lowest BCUT2D eigenvalue weighted by Crippen LogP contribution is -2.10. The first-order valence-corrected chi connectivity index (χ1v) is 6.40. The average molecular weight is 253 g/mol. The number of nitrogen functional groups attached to an aromatic ring is 1. The molecule has 19 heavy (non-hydrogen) atoms. The van der Waals surface area contributed by atoms with Crippen molar-refractivity contribution < 1.29 is 9.53 Å². The van der Waals surface area contributed by atoms with E-state index in [0.717, 1.165) is 30.8 Å². The third kappa shape index (κ3) is 2.19. The molecule has 0 fully saturated rings. The molecule has 0 spiro atoms. The molecule has 3 nitrogen and oxygen atoms in total. The van der Waals surface area contributed by atoms with Crippen LogP contribution in [0.1, 0.15) is 27.9 Å². The predicted molar refractivity (Wildman–Crippen MR) is 74.5 cm³/mol. The molecule has 1 heterocycles. The van der Waals surface area contributed by atoms with Crippen molar-refractivity contribution in [1.82, 2.24) is 0 Å². The van der Waals surface area contributed by atoms with Crippen molar-refractivity contribution in [2.45, 2.75) is 12.8 Å². The smallest absolute Gasteiger partial charge is 0.195 e. The SMILES string of the molecule is Nc1ccccc1C(=O)c1ccc2c(c1)CCCO2. The fourth-order valence-corrected chi connectivity index (χ4v) is 2.36. The quantitative estimate of drug-likeness (QED) is 0.661. The number of carbonyl (C=O) groups excluding carboxylic acids is 1. The Hall–Kier alpha value is -2.29. The van der Waals surface area contributed by atoms with E-state index in [4.69, 9.17) is 10.5 Å². The van der Waals surface area contributed by atoms with Crippen molar-refractivity contribution in [3.05, 3.63) is 59.2 Å². The van der Waals surface area contributed by atoms with E-state index in [2.05, 4.69) is 0 Å². The van der Waals surface area contributed by atoms with E-state index in [-0.39, 0.29) is 5.78 Å². The highest BCUT2D eigenvalue weighted by Crippen LogP contribution is 2.27. The van der Waals surface area contributed by atoms with Crippen molar-refractivity contribution in [3.8, 4) is 5.75 Å². The summed E-state index contributed by atoms with van der Waals surface area (Å²) in [6.07, 6.45) is 1.96. The Balaban J connectivity index is 1.98. The van der Waals surface area contributed by atoms with E-state index >= 15 is 0 Å². The van der Waals surface area contributed by atoms with E-state index in [9.17, 15) is 4.79 Å². The molecule has 0 aromatic heterocycles. The molecule has 0 saturated carbocycles. The van der Waals surface area contributed by atoms with Gasteiger partial charge in [0.05, 0.1) is 6.61 Å². The van der Waals surface area contributed by atoms with Crippen LogP contribution in [0.4, 0.5) is 5.69 Å². The molecule has 1 aliphatic heterocycles. The Bertz CT molecular complexity index is 634. The summed E-state index contributed by atoms with van der Waals surface area (Å²) in [5.74, 6) is 0.857. The van der Waals surface area contributed by atoms with Gasteiger partial charge in [-0.1, -0.05) is 12.1 Å². The number of carbonyl (C=O) groups is 1. The van der Waals surface area contributed by atoms with E-state index in [1.54, 1.807) is 18.2 Å². The number of fused-ring (bicyclic) bond motifs is 1. The summed E-state index contributed by atoms with van der Waals surface area (Å²) in [6.45, 7) is 0.756. The first-order chi connectivity index (χ1) is 9.25. The normalized spacial score (nSPS) is 13.5. The first kappa shape index (κ1) is 11.8. The Kier molecular flexibility index (Phi) is 2.95. The Labute approximate surface area is 112 Å². The van der Waals surface area contributed by atoms with Gasteiger partial charge >= 0.3 is 0 Å². The minimum absolute atomic E-state index is 0.0357. The van der Waals surface area contributed by atoms with Gasteiger partial charge in [-0.3, -0.25) is 4.79 Å². The van der Waals surface area contributed by atoms with Crippen LogP contribution in [0.15, 0.2) is 42.5 Å². The molecular weight excluding hydrogens is 238 g/mol. The molecule has 2 N–H and O–H groups in total. The summed E-state index contributed by atoms with van der Waals surface area (Å²) in [6, 6.07) is 12.8. The van der Waals surface area contributed by atoms with Crippen LogP contribution in [0, 0.1) is 0 Å². The largest absolute Gasteiger partial charge is 0.493 e. The van der Waals surface area contributed by atoms with E-state index in [1.807, 2.05) is 24.3 Å². The third-order valence-electron chi connectivity index (χ3n) is 3.38. The molecular formula is C16H15NO2. The van der Waals surface area contributed by atoms with Crippen molar-refractivity contribution >= 4 is 11.5 Å². The van der Waals surface area contributed by atoms with Crippen molar-refractivity contribution in [2.75, 3.05) is 12.3 Å². The predicted octanol–water partition coefficient (Wildman–Crippen LogP) is 2.82. The fraction of sp³-hybridized carbons (Fsp3) is 0.188. The lowest BCUT2D eigenvalue weighted by atomic mass is 9.97. The van der Waals surface area contributed by atoms with Gasteiger partial charge in [-0.05, 0) is 48.7 Å². The average Bonchev–Trinajstić information content (AvgIpc) is 2.46.